The molecule has 0 radical (unpaired) electrons. The van der Waals surface area contributed by atoms with Gasteiger partial charge in [0.25, 0.3) is 0 Å². The Morgan fingerprint density at radius 3 is 2.92 bits per heavy atom. The number of carbonyl (C=O) groups is 2. The molecule has 0 atom stereocenters. The molecular weight excluding hydrogens is 172 g/mol. The second kappa shape index (κ2) is 2.58. The first-order valence-electron chi connectivity index (χ1n) is 3.74. The predicted molar refractivity (Wildman–Crippen MR) is 42.7 cm³/mol. The van der Waals surface area contributed by atoms with E-state index in [4.69, 9.17) is 9.84 Å². The van der Waals surface area contributed by atoms with Crippen LogP contribution in [0.5, 0.6) is 5.75 Å². The van der Waals surface area contributed by atoms with Crippen molar-refractivity contribution in [3.63, 3.8) is 0 Å². The van der Waals surface area contributed by atoms with Crippen LogP contribution in [0.3, 0.4) is 0 Å². The largest absolute Gasteiger partial charge is 0.478 e. The van der Waals surface area contributed by atoms with Gasteiger partial charge in [0.15, 0.2) is 0 Å². The molecular formula is C9H6O4. The molecule has 0 saturated carbocycles. The summed E-state index contributed by atoms with van der Waals surface area (Å²) >= 11 is 0. The summed E-state index contributed by atoms with van der Waals surface area (Å²) in [5, 5.41) is 8.77. The lowest BCUT2D eigenvalue weighted by atomic mass is 10.1. The standard InChI is InChI=1S/C9H6O4/c10-8-4-6-5(9(11)12)2-1-3-7(6)13-8/h1-3H,4H2,(H,11,12). The van der Waals surface area contributed by atoms with Gasteiger partial charge >= 0.3 is 11.9 Å². The first-order valence-corrected chi connectivity index (χ1v) is 3.74. The number of carboxylic acids is 1. The minimum absolute atomic E-state index is 0.0534. The van der Waals surface area contributed by atoms with Gasteiger partial charge in [0.1, 0.15) is 5.75 Å². The van der Waals surface area contributed by atoms with Crippen molar-refractivity contribution < 1.29 is 19.4 Å². The molecule has 0 fully saturated rings. The van der Waals surface area contributed by atoms with Crippen LogP contribution in [0.25, 0.3) is 0 Å². The number of carbonyl (C=O) groups excluding carboxylic acids is 1. The number of rotatable bonds is 1. The maximum atomic E-state index is 10.9. The third-order valence-corrected chi connectivity index (χ3v) is 1.91. The van der Waals surface area contributed by atoms with Crippen molar-refractivity contribution in [1.29, 1.82) is 0 Å². The van der Waals surface area contributed by atoms with Gasteiger partial charge in [0.2, 0.25) is 0 Å². The molecule has 4 heteroatoms. The summed E-state index contributed by atoms with van der Waals surface area (Å²) < 4.78 is 4.80. The first-order chi connectivity index (χ1) is 6.18. The second-order valence-electron chi connectivity index (χ2n) is 2.74. The highest BCUT2D eigenvalue weighted by atomic mass is 16.5. The topological polar surface area (TPSA) is 63.6 Å². The Labute approximate surface area is 73.8 Å². The van der Waals surface area contributed by atoms with E-state index in [9.17, 15) is 9.59 Å². The van der Waals surface area contributed by atoms with Crippen molar-refractivity contribution in [2.24, 2.45) is 0 Å². The van der Waals surface area contributed by atoms with E-state index in [0.29, 0.717) is 11.3 Å². The highest BCUT2D eigenvalue weighted by molar-refractivity contribution is 5.94. The van der Waals surface area contributed by atoms with Crippen molar-refractivity contribution in [3.8, 4) is 5.75 Å². The van der Waals surface area contributed by atoms with Gasteiger partial charge in [0, 0.05) is 5.56 Å². The molecule has 1 aliphatic rings. The molecule has 0 aliphatic carbocycles. The Hall–Kier alpha value is -1.84. The van der Waals surface area contributed by atoms with Crippen LogP contribution in [0.4, 0.5) is 0 Å². The van der Waals surface area contributed by atoms with E-state index < -0.39 is 11.9 Å². The summed E-state index contributed by atoms with van der Waals surface area (Å²) in [6, 6.07) is 4.61. The van der Waals surface area contributed by atoms with Crippen LogP contribution < -0.4 is 4.74 Å². The van der Waals surface area contributed by atoms with Crippen molar-refractivity contribution in [2.75, 3.05) is 0 Å². The van der Waals surface area contributed by atoms with Gasteiger partial charge in [-0.05, 0) is 12.1 Å². The van der Waals surface area contributed by atoms with Gasteiger partial charge in [-0.15, -0.1) is 0 Å². The molecule has 0 bridgehead atoms. The average molecular weight is 178 g/mol. The maximum absolute atomic E-state index is 10.9. The molecule has 0 spiro atoms. The minimum Gasteiger partial charge on any atom is -0.478 e. The molecule has 4 nitrogen and oxygen atoms in total. The number of benzene rings is 1. The predicted octanol–water partition coefficient (Wildman–Crippen LogP) is 0.846. The van der Waals surface area contributed by atoms with Crippen molar-refractivity contribution in [1.82, 2.24) is 0 Å². The fourth-order valence-electron chi connectivity index (χ4n) is 1.35. The molecule has 1 aromatic rings. The summed E-state index contributed by atoms with van der Waals surface area (Å²) in [6.45, 7) is 0. The average Bonchev–Trinajstić information content (AvgIpc) is 2.43. The molecule has 0 saturated heterocycles. The third-order valence-electron chi connectivity index (χ3n) is 1.91. The zero-order valence-corrected chi connectivity index (χ0v) is 6.61. The van der Waals surface area contributed by atoms with E-state index in [1.165, 1.54) is 6.07 Å². The molecule has 2 rings (SSSR count). The van der Waals surface area contributed by atoms with Crippen molar-refractivity contribution in [2.45, 2.75) is 6.42 Å². The molecule has 1 heterocycles. The van der Waals surface area contributed by atoms with Crippen LogP contribution in [-0.2, 0) is 11.2 Å². The fourth-order valence-corrected chi connectivity index (χ4v) is 1.35. The van der Waals surface area contributed by atoms with E-state index in [1.54, 1.807) is 12.1 Å². The van der Waals surface area contributed by atoms with E-state index in [2.05, 4.69) is 0 Å². The summed E-state index contributed by atoms with van der Waals surface area (Å²) in [5.41, 5.74) is 0.614. The van der Waals surface area contributed by atoms with Crippen molar-refractivity contribution >= 4 is 11.9 Å². The SMILES string of the molecule is O=C1Cc2c(cccc2C(=O)O)O1. The lowest BCUT2D eigenvalue weighted by Crippen LogP contribution is -2.02. The minimum atomic E-state index is -1.03. The van der Waals surface area contributed by atoms with Gasteiger partial charge in [-0.25, -0.2) is 4.79 Å². The molecule has 0 unspecified atom stereocenters. The quantitative estimate of drug-likeness (QED) is 0.511. The number of esters is 1. The Bertz CT molecular complexity index is 395. The van der Waals surface area contributed by atoms with Crippen LogP contribution >= 0.6 is 0 Å². The van der Waals surface area contributed by atoms with E-state index in [1.807, 2.05) is 0 Å². The number of hydrogen-bond acceptors (Lipinski definition) is 3. The first kappa shape index (κ1) is 7.79. The number of hydrogen-bond donors (Lipinski definition) is 1. The van der Waals surface area contributed by atoms with Gasteiger partial charge < -0.3 is 9.84 Å². The zero-order chi connectivity index (χ0) is 9.42. The summed E-state index contributed by atoms with van der Waals surface area (Å²) in [7, 11) is 0. The molecule has 1 aliphatic heterocycles. The molecule has 13 heavy (non-hydrogen) atoms. The third kappa shape index (κ3) is 1.16. The number of carboxylic acid groups (broad SMARTS) is 1. The number of ether oxygens (including phenoxy) is 1. The van der Waals surface area contributed by atoms with Crippen LogP contribution in [0.1, 0.15) is 15.9 Å². The molecule has 1 aromatic carbocycles. The molecule has 66 valence electrons. The molecule has 0 amide bonds. The van der Waals surface area contributed by atoms with Gasteiger partial charge in [-0.3, -0.25) is 4.79 Å². The summed E-state index contributed by atoms with van der Waals surface area (Å²) in [6.07, 6.45) is 0.0534. The number of aromatic carboxylic acids is 1. The Morgan fingerprint density at radius 1 is 1.46 bits per heavy atom. The summed E-state index contributed by atoms with van der Waals surface area (Å²) in [5.74, 6) is -1.07. The normalized spacial score (nSPS) is 13.7. The fraction of sp³-hybridized carbons (Fsp3) is 0.111. The van der Waals surface area contributed by atoms with Crippen LogP contribution in [0, 0.1) is 0 Å². The molecule has 1 N–H and O–H groups in total. The Morgan fingerprint density at radius 2 is 2.23 bits per heavy atom. The molecule has 0 aromatic heterocycles. The number of fused-ring (bicyclic) bond motifs is 1. The van der Waals surface area contributed by atoms with Crippen LogP contribution in [-0.4, -0.2) is 17.0 Å². The second-order valence-corrected chi connectivity index (χ2v) is 2.74. The van der Waals surface area contributed by atoms with E-state index in [-0.39, 0.29) is 12.0 Å². The maximum Gasteiger partial charge on any atom is 0.336 e. The van der Waals surface area contributed by atoms with Crippen molar-refractivity contribution in [3.05, 3.63) is 29.3 Å². The van der Waals surface area contributed by atoms with E-state index >= 15 is 0 Å². The van der Waals surface area contributed by atoms with Gasteiger partial charge in [0.05, 0.1) is 12.0 Å². The lowest BCUT2D eigenvalue weighted by Gasteiger charge is -1.99. The van der Waals surface area contributed by atoms with Crippen LogP contribution in [0.2, 0.25) is 0 Å². The van der Waals surface area contributed by atoms with Gasteiger partial charge in [-0.1, -0.05) is 6.07 Å². The zero-order valence-electron chi connectivity index (χ0n) is 6.61. The Kier molecular flexibility index (Phi) is 1.55. The van der Waals surface area contributed by atoms with Gasteiger partial charge in [-0.2, -0.15) is 0 Å². The summed E-state index contributed by atoms with van der Waals surface area (Å²) in [4.78, 5) is 21.6. The smallest absolute Gasteiger partial charge is 0.336 e. The Balaban J connectivity index is 2.57. The van der Waals surface area contributed by atoms with E-state index in [0.717, 1.165) is 0 Å². The van der Waals surface area contributed by atoms with Crippen LogP contribution in [0.15, 0.2) is 18.2 Å². The highest BCUT2D eigenvalue weighted by Crippen LogP contribution is 2.28. The highest BCUT2D eigenvalue weighted by Gasteiger charge is 2.25. The monoisotopic (exact) mass is 178 g/mol. The lowest BCUT2D eigenvalue weighted by molar-refractivity contribution is -0.131.